The number of rotatable bonds is 1. The molecule has 0 saturated carbocycles. The summed E-state index contributed by atoms with van der Waals surface area (Å²) in [6.07, 6.45) is 3.42. The van der Waals surface area contributed by atoms with Crippen LogP contribution in [0.4, 0.5) is 0 Å². The van der Waals surface area contributed by atoms with E-state index in [1.807, 2.05) is 35.9 Å². The topological polar surface area (TPSA) is 54.5 Å². The molecule has 0 aliphatic carbocycles. The molecule has 116 valence electrons. The quantitative estimate of drug-likeness (QED) is 0.647. The second-order valence-electron chi connectivity index (χ2n) is 5.54. The summed E-state index contributed by atoms with van der Waals surface area (Å²) in [5.74, 6) is 6.82. The third kappa shape index (κ3) is 2.78. The molecule has 0 aliphatic rings. The molecule has 4 nitrogen and oxygen atoms in total. The average molecular weight is 312 g/mol. The maximum absolute atomic E-state index is 9.39. The van der Waals surface area contributed by atoms with Gasteiger partial charge in [-0.3, -0.25) is 4.98 Å². The largest absolute Gasteiger partial charge is 0.319 e. The number of nitrogens with zero attached hydrogens (tertiary/aromatic N) is 4. The van der Waals surface area contributed by atoms with E-state index in [-0.39, 0.29) is 0 Å². The van der Waals surface area contributed by atoms with Gasteiger partial charge in [0.1, 0.15) is 6.07 Å². The number of hydrogen-bond acceptors (Lipinski definition) is 3. The van der Waals surface area contributed by atoms with E-state index in [2.05, 4.69) is 47.8 Å². The van der Waals surface area contributed by atoms with Crippen LogP contribution in [-0.2, 0) is 7.05 Å². The van der Waals surface area contributed by atoms with E-state index < -0.39 is 0 Å². The van der Waals surface area contributed by atoms with E-state index in [1.54, 1.807) is 12.4 Å². The van der Waals surface area contributed by atoms with Crippen LogP contribution in [0.3, 0.4) is 0 Å². The van der Waals surface area contributed by atoms with Crippen LogP contribution < -0.4 is 0 Å². The molecule has 0 amide bonds. The summed E-state index contributed by atoms with van der Waals surface area (Å²) >= 11 is 0. The van der Waals surface area contributed by atoms with Crippen LogP contribution in [0.2, 0.25) is 0 Å². The fourth-order valence-corrected chi connectivity index (χ4v) is 2.53. The predicted molar refractivity (Wildman–Crippen MR) is 93.1 cm³/mol. The smallest absolute Gasteiger partial charge is 0.187 e. The number of aromatic nitrogens is 3. The Balaban J connectivity index is 2.09. The summed E-state index contributed by atoms with van der Waals surface area (Å²) in [6.45, 7) is 4.12. The first kappa shape index (κ1) is 15.5. The summed E-state index contributed by atoms with van der Waals surface area (Å²) in [5, 5.41) is 9.39. The maximum Gasteiger partial charge on any atom is 0.187 e. The number of aryl methyl sites for hydroxylation is 1. The van der Waals surface area contributed by atoms with Gasteiger partial charge in [-0.1, -0.05) is 18.1 Å². The van der Waals surface area contributed by atoms with Crippen LogP contribution in [0.25, 0.3) is 11.3 Å². The molecule has 0 aliphatic heterocycles. The van der Waals surface area contributed by atoms with Gasteiger partial charge in [0, 0.05) is 30.6 Å². The van der Waals surface area contributed by atoms with E-state index in [9.17, 15) is 5.26 Å². The summed E-state index contributed by atoms with van der Waals surface area (Å²) in [6, 6.07) is 11.9. The van der Waals surface area contributed by atoms with Crippen molar-refractivity contribution in [1.82, 2.24) is 14.5 Å². The molecule has 0 N–H and O–H groups in total. The highest BCUT2D eigenvalue weighted by atomic mass is 15.1. The lowest BCUT2D eigenvalue weighted by molar-refractivity contribution is 0.900. The first-order chi connectivity index (χ1) is 11.6. The SMILES string of the molecule is Cc1cccc(C#Cc2nc(C#N)c(-c3cccnc3)n2C)c1C. The van der Waals surface area contributed by atoms with Crippen molar-refractivity contribution in [2.45, 2.75) is 13.8 Å². The normalized spacial score (nSPS) is 9.92. The van der Waals surface area contributed by atoms with Crippen molar-refractivity contribution in [3.8, 4) is 29.2 Å². The van der Waals surface area contributed by atoms with Gasteiger partial charge < -0.3 is 4.57 Å². The summed E-state index contributed by atoms with van der Waals surface area (Å²) < 4.78 is 1.84. The molecule has 0 spiro atoms. The molecule has 0 saturated heterocycles. The van der Waals surface area contributed by atoms with Crippen LogP contribution in [0, 0.1) is 37.0 Å². The minimum atomic E-state index is 0.357. The van der Waals surface area contributed by atoms with Gasteiger partial charge in [0.15, 0.2) is 11.5 Å². The number of nitriles is 1. The van der Waals surface area contributed by atoms with Crippen molar-refractivity contribution in [3.05, 3.63) is 70.9 Å². The molecule has 3 rings (SSSR count). The van der Waals surface area contributed by atoms with Gasteiger partial charge in [-0.05, 0) is 49.1 Å². The van der Waals surface area contributed by atoms with Gasteiger partial charge in [0.05, 0.1) is 5.69 Å². The molecule has 2 aromatic heterocycles. The minimum Gasteiger partial charge on any atom is -0.319 e. The highest BCUT2D eigenvalue weighted by molar-refractivity contribution is 5.66. The molecule has 2 heterocycles. The van der Waals surface area contributed by atoms with Crippen LogP contribution >= 0.6 is 0 Å². The van der Waals surface area contributed by atoms with Gasteiger partial charge in [-0.15, -0.1) is 0 Å². The van der Waals surface area contributed by atoms with Crippen molar-refractivity contribution in [1.29, 1.82) is 5.26 Å². The third-order valence-corrected chi connectivity index (χ3v) is 4.05. The number of pyridine rings is 1. The molecule has 24 heavy (non-hydrogen) atoms. The monoisotopic (exact) mass is 312 g/mol. The van der Waals surface area contributed by atoms with Gasteiger partial charge >= 0.3 is 0 Å². The Kier molecular flexibility index (Phi) is 4.14. The Morgan fingerprint density at radius 3 is 2.62 bits per heavy atom. The lowest BCUT2D eigenvalue weighted by atomic mass is 10.0. The summed E-state index contributed by atoms with van der Waals surface area (Å²) in [7, 11) is 1.86. The molecule has 0 unspecified atom stereocenters. The predicted octanol–water partition coefficient (Wildman–Crippen LogP) is 3.37. The fraction of sp³-hybridized carbons (Fsp3) is 0.150. The summed E-state index contributed by atoms with van der Waals surface area (Å²) in [5.41, 5.74) is 5.28. The lowest BCUT2D eigenvalue weighted by Gasteiger charge is -2.03. The van der Waals surface area contributed by atoms with Gasteiger partial charge in [-0.2, -0.15) is 5.26 Å². The molecule has 0 radical (unpaired) electrons. The Labute approximate surface area is 141 Å². The van der Waals surface area contributed by atoms with E-state index in [1.165, 1.54) is 5.56 Å². The standard InChI is InChI=1S/C20H16N4/c1-14-6-4-7-16(15(14)2)9-10-19-23-18(12-21)20(24(19)3)17-8-5-11-22-13-17/h4-8,11,13H,1-3H3. The highest BCUT2D eigenvalue weighted by Gasteiger charge is 2.15. The third-order valence-electron chi connectivity index (χ3n) is 4.05. The molecule has 3 aromatic rings. The molecule has 0 bridgehead atoms. The Morgan fingerprint density at radius 1 is 1.08 bits per heavy atom. The Morgan fingerprint density at radius 2 is 1.92 bits per heavy atom. The zero-order valence-corrected chi connectivity index (χ0v) is 13.8. The van der Waals surface area contributed by atoms with Crippen molar-refractivity contribution >= 4 is 0 Å². The molecular formula is C20H16N4. The molecular weight excluding hydrogens is 296 g/mol. The van der Waals surface area contributed by atoms with E-state index in [0.717, 1.165) is 22.4 Å². The fourth-order valence-electron chi connectivity index (χ4n) is 2.53. The van der Waals surface area contributed by atoms with Crippen LogP contribution in [0.1, 0.15) is 28.2 Å². The van der Waals surface area contributed by atoms with Crippen molar-refractivity contribution < 1.29 is 0 Å². The first-order valence-corrected chi connectivity index (χ1v) is 7.57. The summed E-state index contributed by atoms with van der Waals surface area (Å²) in [4.78, 5) is 8.49. The van der Waals surface area contributed by atoms with Crippen LogP contribution in [0.15, 0.2) is 42.7 Å². The highest BCUT2D eigenvalue weighted by Crippen LogP contribution is 2.23. The second kappa shape index (κ2) is 6.40. The van der Waals surface area contributed by atoms with Crippen molar-refractivity contribution in [2.75, 3.05) is 0 Å². The number of imidazole rings is 1. The minimum absolute atomic E-state index is 0.357. The molecule has 0 atom stereocenters. The zero-order chi connectivity index (χ0) is 17.1. The number of hydrogen-bond donors (Lipinski definition) is 0. The Bertz CT molecular complexity index is 996. The molecule has 4 heteroatoms. The van der Waals surface area contributed by atoms with Gasteiger partial charge in [0.25, 0.3) is 0 Å². The molecule has 1 aromatic carbocycles. The van der Waals surface area contributed by atoms with Crippen LogP contribution in [-0.4, -0.2) is 14.5 Å². The van der Waals surface area contributed by atoms with Gasteiger partial charge in [0.2, 0.25) is 0 Å². The Hall–Kier alpha value is -3.37. The van der Waals surface area contributed by atoms with Crippen molar-refractivity contribution in [3.63, 3.8) is 0 Å². The van der Waals surface area contributed by atoms with E-state index in [0.29, 0.717) is 11.5 Å². The van der Waals surface area contributed by atoms with E-state index in [4.69, 9.17) is 0 Å². The average Bonchev–Trinajstić information content (AvgIpc) is 2.93. The molecule has 0 fully saturated rings. The lowest BCUT2D eigenvalue weighted by Crippen LogP contribution is -1.96. The van der Waals surface area contributed by atoms with E-state index >= 15 is 0 Å². The second-order valence-corrected chi connectivity index (χ2v) is 5.54. The van der Waals surface area contributed by atoms with Crippen LogP contribution in [0.5, 0.6) is 0 Å². The number of benzene rings is 1. The van der Waals surface area contributed by atoms with Crippen molar-refractivity contribution in [2.24, 2.45) is 7.05 Å². The maximum atomic E-state index is 9.39. The van der Waals surface area contributed by atoms with Gasteiger partial charge in [-0.25, -0.2) is 4.98 Å². The zero-order valence-electron chi connectivity index (χ0n) is 13.8. The first-order valence-electron chi connectivity index (χ1n) is 7.57.